The molecule has 0 bridgehead atoms. The number of para-hydroxylation sites is 2. The number of amides is 5. The molecule has 13 heteroatoms. The zero-order chi connectivity index (χ0) is 33.8. The highest BCUT2D eigenvalue weighted by Crippen LogP contribution is 2.30. The summed E-state index contributed by atoms with van der Waals surface area (Å²) in [6.07, 6.45) is 8.05. The van der Waals surface area contributed by atoms with E-state index >= 15 is 0 Å². The molecule has 3 aliphatic rings. The van der Waals surface area contributed by atoms with Gasteiger partial charge in [0.05, 0.1) is 40.1 Å². The summed E-state index contributed by atoms with van der Waals surface area (Å²) in [5.74, 6) is -2.15. The van der Waals surface area contributed by atoms with Gasteiger partial charge in [0.2, 0.25) is 17.7 Å². The van der Waals surface area contributed by atoms with Crippen LogP contribution < -0.4 is 16.4 Å². The van der Waals surface area contributed by atoms with Gasteiger partial charge in [-0.05, 0) is 62.4 Å². The predicted molar refractivity (Wildman–Crippen MR) is 180 cm³/mol. The van der Waals surface area contributed by atoms with Gasteiger partial charge in [-0.15, -0.1) is 0 Å². The second kappa shape index (κ2) is 14.1. The Balaban J connectivity index is 0.942. The molecule has 2 unspecified atom stereocenters. The van der Waals surface area contributed by atoms with E-state index in [9.17, 15) is 24.0 Å². The third kappa shape index (κ3) is 6.80. The number of imide groups is 2. The smallest absolute Gasteiger partial charge is 0.262 e. The minimum absolute atomic E-state index is 0.0713. The van der Waals surface area contributed by atoms with E-state index in [-0.39, 0.29) is 41.8 Å². The van der Waals surface area contributed by atoms with Crippen LogP contribution in [0.4, 0.5) is 5.69 Å². The van der Waals surface area contributed by atoms with E-state index in [0.717, 1.165) is 35.2 Å². The molecule has 0 spiro atoms. The van der Waals surface area contributed by atoms with Crippen molar-refractivity contribution in [3.8, 4) is 0 Å². The van der Waals surface area contributed by atoms with E-state index in [1.165, 1.54) is 6.20 Å². The monoisotopic (exact) mass is 650 g/mol. The fraction of sp³-hybridized carbons (Fsp3) is 0.371. The molecule has 2 aromatic carbocycles. The molecule has 3 aliphatic heterocycles. The van der Waals surface area contributed by atoms with Gasteiger partial charge in [0, 0.05) is 55.6 Å². The van der Waals surface area contributed by atoms with E-state index < -0.39 is 29.7 Å². The Labute approximate surface area is 277 Å². The molecule has 3 aromatic rings. The molecule has 248 valence electrons. The number of nitrogens with one attached hydrogen (secondary N) is 2. The van der Waals surface area contributed by atoms with Gasteiger partial charge in [0.25, 0.3) is 11.8 Å². The highest BCUT2D eigenvalue weighted by molar-refractivity contribution is 6.23. The van der Waals surface area contributed by atoms with Crippen LogP contribution in [0.25, 0.3) is 16.6 Å². The lowest BCUT2D eigenvalue weighted by Gasteiger charge is -2.32. The Kier molecular flexibility index (Phi) is 9.55. The number of carbonyl (C=O) groups excluding carboxylic acids is 5. The van der Waals surface area contributed by atoms with Crippen LogP contribution in [0.15, 0.2) is 59.9 Å². The summed E-state index contributed by atoms with van der Waals surface area (Å²) >= 11 is 0. The lowest BCUT2D eigenvalue weighted by atomic mass is 10.00. The summed E-state index contributed by atoms with van der Waals surface area (Å²) in [5.41, 5.74) is 9.98. The molecule has 5 amide bonds. The first-order chi connectivity index (χ1) is 23.2. The highest BCUT2D eigenvalue weighted by atomic mass is 16.2. The van der Waals surface area contributed by atoms with Crippen LogP contribution in [0.1, 0.15) is 71.9 Å². The van der Waals surface area contributed by atoms with Gasteiger partial charge < -0.3 is 16.0 Å². The van der Waals surface area contributed by atoms with Crippen LogP contribution in [0.5, 0.6) is 0 Å². The van der Waals surface area contributed by atoms with Crippen molar-refractivity contribution in [2.24, 2.45) is 16.6 Å². The van der Waals surface area contributed by atoms with Crippen molar-refractivity contribution in [3.05, 3.63) is 71.7 Å². The minimum atomic E-state index is -0.999. The molecular weight excluding hydrogens is 612 g/mol. The third-order valence-electron chi connectivity index (χ3n) is 9.13. The van der Waals surface area contributed by atoms with Crippen molar-refractivity contribution in [1.29, 1.82) is 0 Å². The normalized spacial score (nSPS) is 19.6. The van der Waals surface area contributed by atoms with Gasteiger partial charge in [-0.1, -0.05) is 19.1 Å². The van der Waals surface area contributed by atoms with Crippen LogP contribution in [-0.4, -0.2) is 87.2 Å². The summed E-state index contributed by atoms with van der Waals surface area (Å²) < 4.78 is 0. The van der Waals surface area contributed by atoms with Crippen molar-refractivity contribution in [2.45, 2.75) is 57.5 Å². The first-order valence-electron chi connectivity index (χ1n) is 16.3. The summed E-state index contributed by atoms with van der Waals surface area (Å²) in [6.45, 7) is 3.79. The Hall–Kier alpha value is -5.46. The number of rotatable bonds is 10. The van der Waals surface area contributed by atoms with Gasteiger partial charge in [0.15, 0.2) is 0 Å². The molecule has 4 heterocycles. The van der Waals surface area contributed by atoms with Gasteiger partial charge in [-0.3, -0.25) is 44.2 Å². The summed E-state index contributed by atoms with van der Waals surface area (Å²) in [5, 5.41) is 5.48. The van der Waals surface area contributed by atoms with Gasteiger partial charge >= 0.3 is 0 Å². The largest absolute Gasteiger partial charge is 0.404 e. The van der Waals surface area contributed by atoms with Crippen LogP contribution in [0.2, 0.25) is 0 Å². The predicted octanol–water partition coefficient (Wildman–Crippen LogP) is 2.92. The summed E-state index contributed by atoms with van der Waals surface area (Å²) in [7, 11) is 0. The Morgan fingerprint density at radius 2 is 1.81 bits per heavy atom. The van der Waals surface area contributed by atoms with E-state index in [1.807, 2.05) is 36.1 Å². The first kappa shape index (κ1) is 32.5. The van der Waals surface area contributed by atoms with E-state index in [2.05, 4.69) is 20.6 Å². The third-order valence-corrected chi connectivity index (χ3v) is 9.13. The quantitative estimate of drug-likeness (QED) is 0.169. The number of allylic oxidation sites excluding steroid dienone is 1. The number of likely N-dealkylation sites (tertiary alicyclic amines) is 1. The number of nitrogens with zero attached hydrogens (tertiary/aromatic N) is 5. The summed E-state index contributed by atoms with van der Waals surface area (Å²) in [6, 6.07) is 11.7. The van der Waals surface area contributed by atoms with Gasteiger partial charge in [-0.2, -0.15) is 0 Å². The van der Waals surface area contributed by atoms with E-state index in [1.54, 1.807) is 30.6 Å². The van der Waals surface area contributed by atoms with Crippen LogP contribution in [0, 0.1) is 5.92 Å². The second-order valence-corrected chi connectivity index (χ2v) is 12.4. The molecule has 0 aliphatic carbocycles. The SMILES string of the molecule is CC(CCCNc1ccc2c(c1)C(=O)N(C1CCC(=O)NC1=O)C2=O)C(=O)N1CCC(N=CC(=CN)c2cnc3ccccc3n2)CC1. The Morgan fingerprint density at radius 3 is 2.56 bits per heavy atom. The molecule has 48 heavy (non-hydrogen) atoms. The molecule has 0 radical (unpaired) electrons. The Morgan fingerprint density at radius 1 is 1.06 bits per heavy atom. The molecular formula is C35H38N8O5. The standard InChI is InChI=1S/C35H38N8O5/c1-21(5-4-14-37-24-8-9-25-26(17-24)35(48)43(34(25)47)30-10-11-31(44)41-32(30)45)33(46)42-15-12-23(13-16-42)38-19-22(18-36)29-20-39-27-6-2-3-7-28(27)40-29/h2-3,6-9,17-21,23,30,37H,4-5,10-16,36H2,1H3,(H,41,44,45). The Bertz CT molecular complexity index is 1830. The van der Waals surface area contributed by atoms with Crippen LogP contribution >= 0.6 is 0 Å². The number of carbonyl (C=O) groups is 5. The zero-order valence-electron chi connectivity index (χ0n) is 26.7. The molecule has 2 atom stereocenters. The maximum atomic E-state index is 13.2. The minimum Gasteiger partial charge on any atom is -0.404 e. The van der Waals surface area contributed by atoms with Crippen LogP contribution in [-0.2, 0) is 14.4 Å². The van der Waals surface area contributed by atoms with Gasteiger partial charge in [-0.25, -0.2) is 4.98 Å². The highest BCUT2D eigenvalue weighted by Gasteiger charge is 2.44. The average Bonchev–Trinajstić information content (AvgIpc) is 3.35. The number of fused-ring (bicyclic) bond motifs is 2. The number of hydrogen-bond acceptors (Lipinski definition) is 10. The lowest BCUT2D eigenvalue weighted by Crippen LogP contribution is -2.54. The maximum absolute atomic E-state index is 13.2. The average molecular weight is 651 g/mol. The fourth-order valence-corrected chi connectivity index (χ4v) is 6.37. The number of piperidine rings is 2. The molecule has 13 nitrogen and oxygen atoms in total. The molecule has 6 rings (SSSR count). The van der Waals surface area contributed by atoms with Crippen molar-refractivity contribution >= 4 is 58.0 Å². The van der Waals surface area contributed by atoms with Crippen molar-refractivity contribution in [3.63, 3.8) is 0 Å². The van der Waals surface area contributed by atoms with E-state index in [4.69, 9.17) is 10.7 Å². The number of anilines is 1. The topological polar surface area (TPSA) is 180 Å². The zero-order valence-corrected chi connectivity index (χ0v) is 26.7. The number of aromatic nitrogens is 2. The number of nitrogens with two attached hydrogens (primary N) is 1. The lowest BCUT2D eigenvalue weighted by molar-refractivity contribution is -0.137. The first-order valence-corrected chi connectivity index (χ1v) is 16.3. The fourth-order valence-electron chi connectivity index (χ4n) is 6.37. The number of benzene rings is 2. The van der Waals surface area contributed by atoms with Gasteiger partial charge in [0.1, 0.15) is 6.04 Å². The van der Waals surface area contributed by atoms with Crippen LogP contribution in [0.3, 0.4) is 0 Å². The van der Waals surface area contributed by atoms with Crippen molar-refractivity contribution in [1.82, 2.24) is 25.1 Å². The van der Waals surface area contributed by atoms with E-state index in [0.29, 0.717) is 43.0 Å². The van der Waals surface area contributed by atoms with Crippen molar-refractivity contribution in [2.75, 3.05) is 25.0 Å². The maximum Gasteiger partial charge on any atom is 0.262 e. The number of aliphatic imine (C=N–C) groups is 1. The number of hydrogen-bond donors (Lipinski definition) is 3. The molecule has 2 saturated heterocycles. The summed E-state index contributed by atoms with van der Waals surface area (Å²) in [4.78, 5) is 79.7. The molecule has 2 fully saturated rings. The molecule has 1 aromatic heterocycles. The molecule has 0 saturated carbocycles. The molecule has 4 N–H and O–H groups in total. The van der Waals surface area contributed by atoms with Crippen molar-refractivity contribution < 1.29 is 24.0 Å². The second-order valence-electron chi connectivity index (χ2n) is 12.4.